The molecule has 0 saturated heterocycles. The van der Waals surface area contributed by atoms with Crippen LogP contribution in [0.25, 0.3) is 0 Å². The van der Waals surface area contributed by atoms with E-state index in [-0.39, 0.29) is 0 Å². The molecule has 1 N–H and O–H groups in total. The maximum absolute atomic E-state index is 5.62. The van der Waals surface area contributed by atoms with Crippen molar-refractivity contribution in [2.45, 2.75) is 13.8 Å². The van der Waals surface area contributed by atoms with Crippen LogP contribution in [0.5, 0.6) is 5.75 Å². The van der Waals surface area contributed by atoms with Crippen LogP contribution in [0.3, 0.4) is 0 Å². The van der Waals surface area contributed by atoms with E-state index in [4.69, 9.17) is 9.47 Å². The molecule has 1 aromatic rings. The summed E-state index contributed by atoms with van der Waals surface area (Å²) < 4.78 is 12.2. The molecular formula is C14H23BrNO2+. The van der Waals surface area contributed by atoms with Crippen molar-refractivity contribution >= 4 is 15.9 Å². The number of nitrogens with one attached hydrogen (secondary N) is 1. The van der Waals surface area contributed by atoms with Gasteiger partial charge in [0.25, 0.3) is 0 Å². The first-order valence-electron chi connectivity index (χ1n) is 6.56. The molecule has 0 atom stereocenters. The van der Waals surface area contributed by atoms with Gasteiger partial charge in [-0.3, -0.25) is 0 Å². The molecule has 0 bridgehead atoms. The molecule has 0 aliphatic carbocycles. The summed E-state index contributed by atoms with van der Waals surface area (Å²) in [5.74, 6) is 0.871. The molecule has 102 valence electrons. The second kappa shape index (κ2) is 9.36. The van der Waals surface area contributed by atoms with Crippen LogP contribution in [0.15, 0.2) is 28.7 Å². The maximum Gasteiger partial charge on any atom is 0.133 e. The van der Waals surface area contributed by atoms with Gasteiger partial charge in [0, 0.05) is 0 Å². The van der Waals surface area contributed by atoms with Gasteiger partial charge in [0.1, 0.15) is 18.9 Å². The Morgan fingerprint density at radius 1 is 1.06 bits per heavy atom. The predicted octanol–water partition coefficient (Wildman–Crippen LogP) is 1.77. The molecule has 0 aromatic heterocycles. The quantitative estimate of drug-likeness (QED) is 0.702. The van der Waals surface area contributed by atoms with E-state index >= 15 is 0 Å². The van der Waals surface area contributed by atoms with Crippen molar-refractivity contribution < 1.29 is 14.4 Å². The Balaban J connectivity index is 2.07. The van der Waals surface area contributed by atoms with Gasteiger partial charge in [-0.1, -0.05) is 12.1 Å². The summed E-state index contributed by atoms with van der Waals surface area (Å²) >= 11 is 3.45. The third-order valence-electron chi connectivity index (χ3n) is 2.92. The molecule has 0 fully saturated rings. The highest BCUT2D eigenvalue weighted by molar-refractivity contribution is 9.10. The van der Waals surface area contributed by atoms with Crippen LogP contribution in [0.1, 0.15) is 13.8 Å². The van der Waals surface area contributed by atoms with Gasteiger partial charge < -0.3 is 14.4 Å². The molecule has 1 aromatic carbocycles. The van der Waals surface area contributed by atoms with Crippen LogP contribution in [0.2, 0.25) is 0 Å². The summed E-state index contributed by atoms with van der Waals surface area (Å²) in [4.78, 5) is 1.57. The highest BCUT2D eigenvalue weighted by Crippen LogP contribution is 2.23. The minimum atomic E-state index is 0.593. The molecule has 3 nitrogen and oxygen atoms in total. The van der Waals surface area contributed by atoms with Gasteiger partial charge in [-0.25, -0.2) is 0 Å². The average Bonchev–Trinajstić information content (AvgIpc) is 2.40. The number of benzene rings is 1. The van der Waals surface area contributed by atoms with Gasteiger partial charge in [-0.2, -0.15) is 0 Å². The average molecular weight is 317 g/mol. The van der Waals surface area contributed by atoms with Crippen molar-refractivity contribution in [3.63, 3.8) is 0 Å². The van der Waals surface area contributed by atoms with Gasteiger partial charge in [-0.15, -0.1) is 0 Å². The van der Waals surface area contributed by atoms with Crippen molar-refractivity contribution in [1.29, 1.82) is 0 Å². The number of para-hydroxylation sites is 1. The zero-order valence-electron chi connectivity index (χ0n) is 11.2. The molecule has 0 heterocycles. The number of halogens is 1. The van der Waals surface area contributed by atoms with Crippen molar-refractivity contribution in [3.8, 4) is 5.75 Å². The number of quaternary nitrogens is 1. The fourth-order valence-corrected chi connectivity index (χ4v) is 2.09. The van der Waals surface area contributed by atoms with E-state index in [0.717, 1.165) is 36.5 Å². The molecular weight excluding hydrogens is 294 g/mol. The largest absolute Gasteiger partial charge is 0.490 e. The van der Waals surface area contributed by atoms with E-state index in [1.165, 1.54) is 0 Å². The molecule has 18 heavy (non-hydrogen) atoms. The monoisotopic (exact) mass is 316 g/mol. The molecule has 0 saturated carbocycles. The highest BCUT2D eigenvalue weighted by atomic mass is 79.9. The normalized spacial score (nSPS) is 10.9. The third-order valence-corrected chi connectivity index (χ3v) is 3.58. The van der Waals surface area contributed by atoms with Gasteiger partial charge in [0.15, 0.2) is 0 Å². The van der Waals surface area contributed by atoms with Crippen molar-refractivity contribution in [1.82, 2.24) is 0 Å². The Hall–Kier alpha value is -0.580. The number of hydrogen-bond acceptors (Lipinski definition) is 2. The third kappa shape index (κ3) is 5.85. The molecule has 0 radical (unpaired) electrons. The molecule has 0 aliphatic rings. The summed E-state index contributed by atoms with van der Waals surface area (Å²) in [6, 6.07) is 7.86. The predicted molar refractivity (Wildman–Crippen MR) is 77.4 cm³/mol. The second-order valence-corrected chi connectivity index (χ2v) is 4.95. The van der Waals surface area contributed by atoms with E-state index in [2.05, 4.69) is 29.8 Å². The summed E-state index contributed by atoms with van der Waals surface area (Å²) in [6.07, 6.45) is 0. The van der Waals surface area contributed by atoms with Gasteiger partial charge in [-0.05, 0) is 41.9 Å². The lowest BCUT2D eigenvalue weighted by Crippen LogP contribution is -3.11. The van der Waals surface area contributed by atoms with Crippen LogP contribution in [-0.4, -0.2) is 39.5 Å². The lowest BCUT2D eigenvalue weighted by atomic mass is 10.3. The van der Waals surface area contributed by atoms with E-state index in [9.17, 15) is 0 Å². The van der Waals surface area contributed by atoms with E-state index < -0.39 is 0 Å². The van der Waals surface area contributed by atoms with Crippen LogP contribution in [0, 0.1) is 0 Å². The second-order valence-electron chi connectivity index (χ2n) is 4.10. The molecule has 0 spiro atoms. The molecule has 0 aliphatic heterocycles. The Labute approximate surface area is 118 Å². The number of ether oxygens (including phenoxy) is 2. The van der Waals surface area contributed by atoms with E-state index in [0.29, 0.717) is 13.2 Å². The minimum absolute atomic E-state index is 0.593. The number of rotatable bonds is 9. The van der Waals surface area contributed by atoms with Crippen molar-refractivity contribution in [2.24, 2.45) is 0 Å². The van der Waals surface area contributed by atoms with Gasteiger partial charge in [0.2, 0.25) is 0 Å². The Kier molecular flexibility index (Phi) is 8.05. The number of likely N-dealkylation sites (N-methyl/N-ethyl adjacent to an activating group) is 1. The van der Waals surface area contributed by atoms with Crippen LogP contribution >= 0.6 is 15.9 Å². The van der Waals surface area contributed by atoms with Gasteiger partial charge >= 0.3 is 0 Å². The fraction of sp³-hybridized carbons (Fsp3) is 0.571. The SMILES string of the molecule is CC[NH+](CC)CCOCCOc1ccccc1Br. The van der Waals surface area contributed by atoms with E-state index in [1.54, 1.807) is 4.90 Å². The Morgan fingerprint density at radius 2 is 1.78 bits per heavy atom. The maximum atomic E-state index is 5.62. The first kappa shape index (κ1) is 15.5. The Bertz CT molecular complexity index is 329. The first-order valence-corrected chi connectivity index (χ1v) is 7.35. The zero-order valence-corrected chi connectivity index (χ0v) is 12.8. The van der Waals surface area contributed by atoms with Crippen molar-refractivity contribution in [2.75, 3.05) is 39.5 Å². The van der Waals surface area contributed by atoms with Gasteiger partial charge in [0.05, 0.1) is 30.8 Å². The summed E-state index contributed by atoms with van der Waals surface area (Å²) in [5, 5.41) is 0. The standard InChI is InChI=1S/C14H22BrNO2/c1-3-16(4-2)9-10-17-11-12-18-14-8-6-5-7-13(14)15/h5-8H,3-4,9-12H2,1-2H3/p+1. The Morgan fingerprint density at radius 3 is 2.44 bits per heavy atom. The minimum Gasteiger partial charge on any atom is -0.490 e. The lowest BCUT2D eigenvalue weighted by molar-refractivity contribution is -0.896. The highest BCUT2D eigenvalue weighted by Gasteiger charge is 2.02. The van der Waals surface area contributed by atoms with E-state index in [1.807, 2.05) is 24.3 Å². The fourth-order valence-electron chi connectivity index (χ4n) is 1.69. The van der Waals surface area contributed by atoms with Crippen LogP contribution in [0.4, 0.5) is 0 Å². The summed E-state index contributed by atoms with van der Waals surface area (Å²) in [7, 11) is 0. The van der Waals surface area contributed by atoms with Crippen LogP contribution < -0.4 is 9.64 Å². The number of hydrogen-bond donors (Lipinski definition) is 1. The molecule has 0 amide bonds. The van der Waals surface area contributed by atoms with Crippen LogP contribution in [-0.2, 0) is 4.74 Å². The zero-order chi connectivity index (χ0) is 13.2. The molecule has 0 unspecified atom stereocenters. The lowest BCUT2D eigenvalue weighted by Gasteiger charge is -2.15. The summed E-state index contributed by atoms with van der Waals surface area (Å²) in [6.45, 7) is 9.83. The topological polar surface area (TPSA) is 22.9 Å². The smallest absolute Gasteiger partial charge is 0.133 e. The molecule has 4 heteroatoms. The van der Waals surface area contributed by atoms with Crippen molar-refractivity contribution in [3.05, 3.63) is 28.7 Å². The summed E-state index contributed by atoms with van der Waals surface area (Å²) in [5.41, 5.74) is 0. The first-order chi connectivity index (χ1) is 8.77. The molecule has 1 rings (SSSR count).